The van der Waals surface area contributed by atoms with E-state index in [0.717, 1.165) is 11.1 Å². The van der Waals surface area contributed by atoms with Crippen molar-refractivity contribution in [1.29, 1.82) is 0 Å². The van der Waals surface area contributed by atoms with Gasteiger partial charge in [0.2, 0.25) is 11.8 Å². The Balaban J connectivity index is 1.43. The Kier molecular flexibility index (Phi) is 5.70. The number of anilines is 2. The maximum Gasteiger partial charge on any atom is 0.255 e. The predicted molar refractivity (Wildman–Crippen MR) is 113 cm³/mol. The predicted octanol–water partition coefficient (Wildman–Crippen LogP) is 4.77. The van der Waals surface area contributed by atoms with Crippen LogP contribution in [0.5, 0.6) is 0 Å². The Hall–Kier alpha value is -3.68. The molecule has 0 aliphatic heterocycles. The molecule has 1 aliphatic rings. The standard InChI is InChI=1S/C23H20F2N4O2/c24-23(25)8-6-17(12-23)22(31)29-20-11-16(7-9-27-20)21(30)28-19-10-18(13-26-14-19)15-4-2-1-3-5-15/h1-5,7,9-11,13-14,17H,6,8,12H2,(H,28,30)(H,27,29,31). The van der Waals surface area contributed by atoms with Gasteiger partial charge >= 0.3 is 0 Å². The lowest BCUT2D eigenvalue weighted by Gasteiger charge is -2.12. The first-order chi connectivity index (χ1) is 14.9. The molecule has 0 radical (unpaired) electrons. The van der Waals surface area contributed by atoms with Crippen LogP contribution in [0.15, 0.2) is 67.1 Å². The van der Waals surface area contributed by atoms with Gasteiger partial charge in [0.05, 0.1) is 11.9 Å². The molecular weight excluding hydrogens is 402 g/mol. The average Bonchev–Trinajstić information content (AvgIpc) is 3.14. The smallest absolute Gasteiger partial charge is 0.255 e. The molecule has 1 aromatic carbocycles. The molecule has 1 fully saturated rings. The van der Waals surface area contributed by atoms with E-state index in [9.17, 15) is 18.4 Å². The molecule has 2 N–H and O–H groups in total. The van der Waals surface area contributed by atoms with Gasteiger partial charge in [-0.2, -0.15) is 0 Å². The van der Waals surface area contributed by atoms with E-state index in [2.05, 4.69) is 20.6 Å². The zero-order valence-corrected chi connectivity index (χ0v) is 16.5. The van der Waals surface area contributed by atoms with Crippen molar-refractivity contribution < 1.29 is 18.4 Å². The fraction of sp³-hybridized carbons (Fsp3) is 0.217. The van der Waals surface area contributed by atoms with Gasteiger partial charge in [-0.25, -0.2) is 13.8 Å². The molecule has 6 nitrogen and oxygen atoms in total. The molecule has 1 saturated carbocycles. The number of alkyl halides is 2. The highest BCUT2D eigenvalue weighted by Crippen LogP contribution is 2.39. The summed E-state index contributed by atoms with van der Waals surface area (Å²) in [6.07, 6.45) is 3.99. The van der Waals surface area contributed by atoms with Gasteiger partial charge in [-0.15, -0.1) is 0 Å². The highest BCUT2D eigenvalue weighted by atomic mass is 19.3. The average molecular weight is 422 g/mol. The van der Waals surface area contributed by atoms with Crippen LogP contribution < -0.4 is 10.6 Å². The van der Waals surface area contributed by atoms with Gasteiger partial charge in [-0.3, -0.25) is 14.6 Å². The molecule has 2 heterocycles. The lowest BCUT2D eigenvalue weighted by molar-refractivity contribution is -0.120. The van der Waals surface area contributed by atoms with Crippen LogP contribution in [0.25, 0.3) is 11.1 Å². The monoisotopic (exact) mass is 422 g/mol. The van der Waals surface area contributed by atoms with E-state index >= 15 is 0 Å². The van der Waals surface area contributed by atoms with Crippen LogP contribution in [-0.4, -0.2) is 27.7 Å². The van der Waals surface area contributed by atoms with Crippen molar-refractivity contribution in [3.63, 3.8) is 0 Å². The summed E-state index contributed by atoms with van der Waals surface area (Å²) in [6, 6.07) is 14.4. The number of hydrogen-bond donors (Lipinski definition) is 2. The first-order valence-electron chi connectivity index (χ1n) is 9.86. The highest BCUT2D eigenvalue weighted by Gasteiger charge is 2.42. The Morgan fingerprint density at radius 3 is 2.55 bits per heavy atom. The van der Waals surface area contributed by atoms with Crippen LogP contribution in [0.4, 0.5) is 20.3 Å². The molecule has 1 unspecified atom stereocenters. The van der Waals surface area contributed by atoms with Crippen LogP contribution in [0.1, 0.15) is 29.6 Å². The second-order valence-electron chi connectivity index (χ2n) is 7.50. The summed E-state index contributed by atoms with van der Waals surface area (Å²) in [4.78, 5) is 33.1. The topological polar surface area (TPSA) is 84.0 Å². The SMILES string of the molecule is O=C(Nc1cncc(-c2ccccc2)c1)c1ccnc(NC(=O)C2CCC(F)(F)C2)c1. The molecule has 31 heavy (non-hydrogen) atoms. The molecule has 2 amide bonds. The van der Waals surface area contributed by atoms with Gasteiger partial charge in [-0.1, -0.05) is 30.3 Å². The van der Waals surface area contributed by atoms with E-state index in [0.29, 0.717) is 5.69 Å². The number of aromatic nitrogens is 2. The molecular formula is C23H20F2N4O2. The van der Waals surface area contributed by atoms with Crippen LogP contribution in [0.3, 0.4) is 0 Å². The molecule has 3 aromatic rings. The van der Waals surface area contributed by atoms with Gasteiger partial charge in [0.15, 0.2) is 0 Å². The summed E-state index contributed by atoms with van der Waals surface area (Å²) in [5.74, 6) is -4.34. The largest absolute Gasteiger partial charge is 0.321 e. The number of rotatable bonds is 5. The minimum atomic E-state index is -2.81. The summed E-state index contributed by atoms with van der Waals surface area (Å²) in [5.41, 5.74) is 2.61. The molecule has 0 spiro atoms. The molecule has 1 aliphatic carbocycles. The Bertz CT molecular complexity index is 1110. The first kappa shape index (κ1) is 20.6. The number of pyridine rings is 2. The second-order valence-corrected chi connectivity index (χ2v) is 7.50. The Labute approximate surface area is 177 Å². The van der Waals surface area contributed by atoms with Crippen molar-refractivity contribution in [2.24, 2.45) is 5.92 Å². The Morgan fingerprint density at radius 1 is 1.00 bits per heavy atom. The third kappa shape index (κ3) is 5.09. The van der Waals surface area contributed by atoms with E-state index in [4.69, 9.17) is 0 Å². The minimum absolute atomic E-state index is 0.129. The summed E-state index contributed by atoms with van der Waals surface area (Å²) in [5, 5.41) is 5.31. The van der Waals surface area contributed by atoms with Crippen molar-refractivity contribution in [2.75, 3.05) is 10.6 Å². The fourth-order valence-corrected chi connectivity index (χ4v) is 3.54. The minimum Gasteiger partial charge on any atom is -0.321 e. The first-order valence-corrected chi connectivity index (χ1v) is 9.86. The lowest BCUT2D eigenvalue weighted by atomic mass is 10.1. The third-order valence-electron chi connectivity index (χ3n) is 5.15. The zero-order valence-electron chi connectivity index (χ0n) is 16.5. The number of carbonyl (C=O) groups is 2. The maximum absolute atomic E-state index is 13.4. The normalized spacial score (nSPS) is 17.2. The fourth-order valence-electron chi connectivity index (χ4n) is 3.54. The number of nitrogens with zero attached hydrogens (tertiary/aromatic N) is 2. The Morgan fingerprint density at radius 2 is 1.81 bits per heavy atom. The number of carbonyl (C=O) groups excluding carboxylic acids is 2. The number of nitrogens with one attached hydrogen (secondary N) is 2. The molecule has 4 rings (SSSR count). The van der Waals surface area contributed by atoms with Gasteiger partial charge in [-0.05, 0) is 30.2 Å². The van der Waals surface area contributed by atoms with Gasteiger partial charge in [0.1, 0.15) is 5.82 Å². The number of halogens is 2. The van der Waals surface area contributed by atoms with Crippen LogP contribution in [-0.2, 0) is 4.79 Å². The van der Waals surface area contributed by atoms with Crippen molar-refractivity contribution in [3.05, 3.63) is 72.7 Å². The molecule has 1 atom stereocenters. The molecule has 8 heteroatoms. The summed E-state index contributed by atoms with van der Waals surface area (Å²) < 4.78 is 26.7. The maximum atomic E-state index is 13.4. The van der Waals surface area contributed by atoms with Crippen molar-refractivity contribution >= 4 is 23.3 Å². The van der Waals surface area contributed by atoms with Crippen molar-refractivity contribution in [1.82, 2.24) is 9.97 Å². The molecule has 0 saturated heterocycles. The molecule has 158 valence electrons. The number of hydrogen-bond acceptors (Lipinski definition) is 4. The van der Waals surface area contributed by atoms with E-state index in [-0.39, 0.29) is 24.2 Å². The summed E-state index contributed by atoms with van der Waals surface area (Å²) in [6.45, 7) is 0. The highest BCUT2D eigenvalue weighted by molar-refractivity contribution is 6.05. The van der Waals surface area contributed by atoms with Crippen LogP contribution >= 0.6 is 0 Å². The van der Waals surface area contributed by atoms with E-state index < -0.39 is 30.1 Å². The quantitative estimate of drug-likeness (QED) is 0.620. The molecule has 2 aromatic heterocycles. The van der Waals surface area contributed by atoms with E-state index in [1.807, 2.05) is 36.4 Å². The summed E-state index contributed by atoms with van der Waals surface area (Å²) in [7, 11) is 0. The number of amides is 2. The summed E-state index contributed by atoms with van der Waals surface area (Å²) >= 11 is 0. The number of benzene rings is 1. The van der Waals surface area contributed by atoms with E-state index in [1.165, 1.54) is 24.5 Å². The van der Waals surface area contributed by atoms with Crippen LogP contribution in [0, 0.1) is 5.92 Å². The van der Waals surface area contributed by atoms with Crippen LogP contribution in [0.2, 0.25) is 0 Å². The van der Waals surface area contributed by atoms with Gasteiger partial charge in [0.25, 0.3) is 5.91 Å². The zero-order chi connectivity index (χ0) is 21.8. The third-order valence-corrected chi connectivity index (χ3v) is 5.15. The second kappa shape index (κ2) is 8.59. The molecule has 0 bridgehead atoms. The van der Waals surface area contributed by atoms with Crippen molar-refractivity contribution in [2.45, 2.75) is 25.2 Å². The van der Waals surface area contributed by atoms with Gasteiger partial charge in [0, 0.05) is 42.3 Å². The van der Waals surface area contributed by atoms with Crippen molar-refractivity contribution in [3.8, 4) is 11.1 Å². The van der Waals surface area contributed by atoms with E-state index in [1.54, 1.807) is 6.20 Å². The lowest BCUT2D eigenvalue weighted by Crippen LogP contribution is -2.23. The van der Waals surface area contributed by atoms with Gasteiger partial charge < -0.3 is 10.6 Å².